The van der Waals surface area contributed by atoms with Crippen molar-refractivity contribution in [2.45, 2.75) is 31.1 Å². The summed E-state index contributed by atoms with van der Waals surface area (Å²) in [6, 6.07) is -0.749. The van der Waals surface area contributed by atoms with E-state index in [-0.39, 0.29) is 24.3 Å². The molecule has 0 aromatic carbocycles. The summed E-state index contributed by atoms with van der Waals surface area (Å²) in [5, 5.41) is 7.53. The van der Waals surface area contributed by atoms with Crippen molar-refractivity contribution >= 4 is 25.8 Å². The molecule has 0 aromatic heterocycles. The highest BCUT2D eigenvalue weighted by Gasteiger charge is 2.37. The zero-order valence-electron chi connectivity index (χ0n) is 9.29. The molecule has 1 fully saturated rings. The molecule has 0 amide bonds. The number of carbonyl (C=O) groups is 1. The third-order valence-electron chi connectivity index (χ3n) is 2.48. The van der Waals surface area contributed by atoms with Gasteiger partial charge in [0, 0.05) is 6.04 Å². The monoisotopic (exact) mass is 285 g/mol. The van der Waals surface area contributed by atoms with E-state index in [2.05, 4.69) is 4.72 Å². The topological polar surface area (TPSA) is 118 Å². The minimum absolute atomic E-state index is 0.0669. The molecule has 100 valence electrons. The smallest absolute Gasteiger partial charge is 0.304 e. The van der Waals surface area contributed by atoms with E-state index in [1.54, 1.807) is 0 Å². The maximum Gasteiger partial charge on any atom is 0.304 e. The number of hydrogen-bond acceptors (Lipinski definition) is 5. The lowest BCUT2D eigenvalue weighted by Gasteiger charge is -2.15. The van der Waals surface area contributed by atoms with Crippen molar-refractivity contribution in [2.24, 2.45) is 0 Å². The van der Waals surface area contributed by atoms with Gasteiger partial charge in [0.1, 0.15) is 0 Å². The number of carboxylic acids is 1. The minimum Gasteiger partial charge on any atom is -0.481 e. The fraction of sp³-hybridized carbons (Fsp3) is 0.875. The molecule has 1 rings (SSSR count). The summed E-state index contributed by atoms with van der Waals surface area (Å²) in [6.45, 7) is 1.43. The van der Waals surface area contributed by atoms with Crippen LogP contribution in [0.25, 0.3) is 0 Å². The van der Waals surface area contributed by atoms with Gasteiger partial charge in [-0.1, -0.05) is 0 Å². The van der Waals surface area contributed by atoms with Gasteiger partial charge in [0.25, 0.3) is 0 Å². The number of sulfone groups is 1. The van der Waals surface area contributed by atoms with Gasteiger partial charge in [-0.2, -0.15) is 0 Å². The van der Waals surface area contributed by atoms with E-state index in [1.165, 1.54) is 6.92 Å². The fourth-order valence-corrected chi connectivity index (χ4v) is 5.98. The van der Waals surface area contributed by atoms with Crippen LogP contribution in [0.15, 0.2) is 0 Å². The molecule has 2 atom stereocenters. The standard InChI is InChI=1S/C8H15NO6S2/c1-6(4-8(10)11)9-17(14,15)7-2-3-16(12,13)5-7/h6-7,9H,2-5H2,1H3,(H,10,11). The van der Waals surface area contributed by atoms with Crippen LogP contribution in [0.2, 0.25) is 0 Å². The highest BCUT2D eigenvalue weighted by molar-refractivity contribution is 7.95. The third-order valence-corrected chi connectivity index (χ3v) is 6.47. The normalized spacial score (nSPS) is 25.6. The van der Waals surface area contributed by atoms with Crippen molar-refractivity contribution in [3.05, 3.63) is 0 Å². The molecule has 2 unspecified atom stereocenters. The van der Waals surface area contributed by atoms with Gasteiger partial charge in [0.15, 0.2) is 9.84 Å². The second-order valence-electron chi connectivity index (χ2n) is 4.19. The Labute approximate surface area is 100 Å². The van der Waals surface area contributed by atoms with Gasteiger partial charge in [-0.05, 0) is 13.3 Å². The van der Waals surface area contributed by atoms with Gasteiger partial charge in [-0.15, -0.1) is 0 Å². The summed E-state index contributed by atoms with van der Waals surface area (Å²) < 4.78 is 48.0. The van der Waals surface area contributed by atoms with Gasteiger partial charge in [0.2, 0.25) is 10.0 Å². The molecule has 17 heavy (non-hydrogen) atoms. The molecule has 0 aliphatic carbocycles. The van der Waals surface area contributed by atoms with Crippen LogP contribution in [-0.2, 0) is 24.7 Å². The Balaban J connectivity index is 2.67. The molecular formula is C8H15NO6S2. The molecule has 0 bridgehead atoms. The van der Waals surface area contributed by atoms with E-state index in [9.17, 15) is 21.6 Å². The lowest BCUT2D eigenvalue weighted by molar-refractivity contribution is -0.137. The molecule has 1 saturated heterocycles. The van der Waals surface area contributed by atoms with E-state index in [0.717, 1.165) is 0 Å². The van der Waals surface area contributed by atoms with E-state index in [0.29, 0.717) is 0 Å². The van der Waals surface area contributed by atoms with E-state index < -0.39 is 37.1 Å². The van der Waals surface area contributed by atoms with Crippen LogP contribution >= 0.6 is 0 Å². The Morgan fingerprint density at radius 2 is 2.12 bits per heavy atom. The maximum atomic E-state index is 11.7. The molecule has 7 nitrogen and oxygen atoms in total. The predicted octanol–water partition coefficient (Wildman–Crippen LogP) is -1.04. The third kappa shape index (κ3) is 4.25. The second kappa shape index (κ2) is 4.91. The van der Waals surface area contributed by atoms with E-state index in [4.69, 9.17) is 5.11 Å². The summed E-state index contributed by atoms with van der Waals surface area (Å²) >= 11 is 0. The zero-order chi connectivity index (χ0) is 13.3. The van der Waals surface area contributed by atoms with Crippen LogP contribution in [0.1, 0.15) is 19.8 Å². The number of sulfonamides is 1. The molecule has 0 spiro atoms. The lowest BCUT2D eigenvalue weighted by Crippen LogP contribution is -2.41. The number of carboxylic acid groups (broad SMARTS) is 1. The summed E-state index contributed by atoms with van der Waals surface area (Å²) in [5.41, 5.74) is 0. The fourth-order valence-electron chi connectivity index (χ4n) is 1.69. The van der Waals surface area contributed by atoms with Crippen molar-refractivity contribution in [1.29, 1.82) is 0 Å². The van der Waals surface area contributed by atoms with Gasteiger partial charge < -0.3 is 5.11 Å². The highest BCUT2D eigenvalue weighted by Crippen LogP contribution is 2.18. The molecule has 0 radical (unpaired) electrons. The van der Waals surface area contributed by atoms with Crippen LogP contribution < -0.4 is 4.72 Å². The Kier molecular flexibility index (Phi) is 4.15. The Bertz CT molecular complexity index is 494. The number of nitrogens with one attached hydrogen (secondary N) is 1. The first-order valence-electron chi connectivity index (χ1n) is 5.06. The molecule has 2 N–H and O–H groups in total. The second-order valence-corrected chi connectivity index (χ2v) is 8.41. The van der Waals surface area contributed by atoms with Gasteiger partial charge in [0.05, 0.1) is 23.2 Å². The highest BCUT2D eigenvalue weighted by atomic mass is 32.2. The molecular weight excluding hydrogens is 270 g/mol. The lowest BCUT2D eigenvalue weighted by atomic mass is 10.3. The van der Waals surface area contributed by atoms with Crippen LogP contribution in [0.3, 0.4) is 0 Å². The van der Waals surface area contributed by atoms with Crippen molar-refractivity contribution in [1.82, 2.24) is 4.72 Å². The van der Waals surface area contributed by atoms with Crippen LogP contribution in [0, 0.1) is 0 Å². The quantitative estimate of drug-likeness (QED) is 0.666. The van der Waals surface area contributed by atoms with E-state index >= 15 is 0 Å². The first-order valence-corrected chi connectivity index (χ1v) is 8.42. The first kappa shape index (κ1) is 14.4. The summed E-state index contributed by atoms with van der Waals surface area (Å²) in [5.74, 6) is -1.63. The molecule has 9 heteroatoms. The summed E-state index contributed by atoms with van der Waals surface area (Å²) in [4.78, 5) is 10.4. The molecule has 1 aliphatic heterocycles. The number of rotatable bonds is 5. The summed E-state index contributed by atoms with van der Waals surface area (Å²) in [6.07, 6.45) is -0.268. The summed E-state index contributed by atoms with van der Waals surface area (Å²) in [7, 11) is -7.04. The molecule has 0 aromatic rings. The van der Waals surface area contributed by atoms with Crippen molar-refractivity contribution in [3.8, 4) is 0 Å². The Hall–Kier alpha value is -0.670. The van der Waals surface area contributed by atoms with Crippen molar-refractivity contribution in [3.63, 3.8) is 0 Å². The number of aliphatic carboxylic acids is 1. The largest absolute Gasteiger partial charge is 0.481 e. The minimum atomic E-state index is -3.77. The zero-order valence-corrected chi connectivity index (χ0v) is 10.9. The van der Waals surface area contributed by atoms with Crippen LogP contribution in [-0.4, -0.2) is 50.7 Å². The van der Waals surface area contributed by atoms with Crippen molar-refractivity contribution in [2.75, 3.05) is 11.5 Å². The van der Waals surface area contributed by atoms with Gasteiger partial charge in [-0.3, -0.25) is 4.79 Å². The molecule has 1 aliphatic rings. The average molecular weight is 285 g/mol. The van der Waals surface area contributed by atoms with Gasteiger partial charge in [-0.25, -0.2) is 21.6 Å². The number of hydrogen-bond donors (Lipinski definition) is 2. The first-order chi connectivity index (χ1) is 7.62. The van der Waals surface area contributed by atoms with Gasteiger partial charge >= 0.3 is 5.97 Å². The molecule has 1 heterocycles. The van der Waals surface area contributed by atoms with E-state index in [1.807, 2.05) is 0 Å². The Morgan fingerprint density at radius 3 is 2.53 bits per heavy atom. The van der Waals surface area contributed by atoms with Crippen molar-refractivity contribution < 1.29 is 26.7 Å². The SMILES string of the molecule is CC(CC(=O)O)NS(=O)(=O)C1CCS(=O)(=O)C1. The molecule has 0 saturated carbocycles. The maximum absolute atomic E-state index is 11.7. The van der Waals surface area contributed by atoms with Crippen LogP contribution in [0.5, 0.6) is 0 Å². The average Bonchev–Trinajstić information content (AvgIpc) is 2.43. The van der Waals surface area contributed by atoms with Crippen LogP contribution in [0.4, 0.5) is 0 Å². The Morgan fingerprint density at radius 1 is 1.53 bits per heavy atom. The predicted molar refractivity (Wildman–Crippen MR) is 60.8 cm³/mol.